The Balaban J connectivity index is 2.50. The van der Waals surface area contributed by atoms with Gasteiger partial charge in [-0.3, -0.25) is 4.79 Å². The zero-order chi connectivity index (χ0) is 14.9. The van der Waals surface area contributed by atoms with Crippen molar-refractivity contribution in [3.05, 3.63) is 17.7 Å². The molecule has 20 heavy (non-hydrogen) atoms. The van der Waals surface area contributed by atoms with E-state index in [1.54, 1.807) is 33.3 Å². The van der Waals surface area contributed by atoms with Crippen LogP contribution in [0.15, 0.2) is 12.1 Å². The molecule has 2 atom stereocenters. The number of methoxy groups -OCH3 is 3. The zero-order valence-corrected chi connectivity index (χ0v) is 12.2. The van der Waals surface area contributed by atoms with Crippen molar-refractivity contribution in [3.63, 3.8) is 0 Å². The molecule has 0 saturated carbocycles. The molecule has 6 nitrogen and oxygen atoms in total. The summed E-state index contributed by atoms with van der Waals surface area (Å²) in [5.74, 6) is 1.68. The van der Waals surface area contributed by atoms with Crippen molar-refractivity contribution in [2.75, 3.05) is 28.4 Å². The standard InChI is InChI=1S/C14H20N2O4/c1-16-12(17)7-9(15)13(16)8-5-10(18-2)14(20-4)11(6-8)19-3/h5-6,9,13H,7,15H2,1-4H3. The molecule has 1 fully saturated rings. The van der Waals surface area contributed by atoms with Crippen LogP contribution in [-0.4, -0.2) is 45.2 Å². The van der Waals surface area contributed by atoms with Crippen LogP contribution < -0.4 is 19.9 Å². The topological polar surface area (TPSA) is 74.0 Å². The number of likely N-dealkylation sites (tertiary alicyclic amines) is 1. The summed E-state index contributed by atoms with van der Waals surface area (Å²) in [5.41, 5.74) is 6.95. The Kier molecular flexibility index (Phi) is 4.04. The lowest BCUT2D eigenvalue weighted by Crippen LogP contribution is -2.30. The lowest BCUT2D eigenvalue weighted by molar-refractivity contribution is -0.127. The largest absolute Gasteiger partial charge is 0.493 e. The molecule has 0 aromatic heterocycles. The Morgan fingerprint density at radius 3 is 2.05 bits per heavy atom. The number of amides is 1. The average molecular weight is 280 g/mol. The molecular formula is C14H20N2O4. The van der Waals surface area contributed by atoms with Crippen LogP contribution in [0.5, 0.6) is 17.2 Å². The van der Waals surface area contributed by atoms with Crippen LogP contribution in [-0.2, 0) is 4.79 Å². The number of hydrogen-bond acceptors (Lipinski definition) is 5. The predicted molar refractivity (Wildman–Crippen MR) is 74.2 cm³/mol. The second kappa shape index (κ2) is 5.58. The number of likely N-dealkylation sites (N-methyl/N-ethyl adjacent to an activating group) is 1. The van der Waals surface area contributed by atoms with Gasteiger partial charge in [0.2, 0.25) is 11.7 Å². The second-order valence-electron chi connectivity index (χ2n) is 4.78. The number of nitrogens with two attached hydrogens (primary N) is 1. The number of benzene rings is 1. The van der Waals surface area contributed by atoms with Crippen molar-refractivity contribution in [3.8, 4) is 17.2 Å². The molecule has 1 aromatic rings. The molecule has 1 aliphatic heterocycles. The van der Waals surface area contributed by atoms with Crippen LogP contribution in [0.3, 0.4) is 0 Å². The fourth-order valence-corrected chi connectivity index (χ4v) is 2.64. The third-order valence-electron chi connectivity index (χ3n) is 3.66. The minimum absolute atomic E-state index is 0.0382. The van der Waals surface area contributed by atoms with E-state index in [2.05, 4.69) is 0 Å². The summed E-state index contributed by atoms with van der Waals surface area (Å²) in [6, 6.07) is 3.24. The Morgan fingerprint density at radius 1 is 1.15 bits per heavy atom. The van der Waals surface area contributed by atoms with Gasteiger partial charge in [0.05, 0.1) is 27.4 Å². The van der Waals surface area contributed by atoms with Crippen molar-refractivity contribution in [1.29, 1.82) is 0 Å². The normalized spacial score (nSPS) is 22.1. The maximum absolute atomic E-state index is 11.8. The summed E-state index contributed by atoms with van der Waals surface area (Å²) in [4.78, 5) is 13.4. The van der Waals surface area contributed by atoms with Crippen LogP contribution in [0.1, 0.15) is 18.0 Å². The highest BCUT2D eigenvalue weighted by Crippen LogP contribution is 2.42. The van der Waals surface area contributed by atoms with E-state index in [1.807, 2.05) is 12.1 Å². The molecule has 1 amide bonds. The van der Waals surface area contributed by atoms with Gasteiger partial charge in [-0.25, -0.2) is 0 Å². The van der Waals surface area contributed by atoms with Crippen LogP contribution in [0.4, 0.5) is 0 Å². The van der Waals surface area contributed by atoms with Crippen molar-refractivity contribution >= 4 is 5.91 Å². The van der Waals surface area contributed by atoms with Gasteiger partial charge in [0.15, 0.2) is 11.5 Å². The van der Waals surface area contributed by atoms with Gasteiger partial charge in [0.25, 0.3) is 0 Å². The van der Waals surface area contributed by atoms with Crippen molar-refractivity contribution < 1.29 is 19.0 Å². The first-order chi connectivity index (χ1) is 9.53. The fraction of sp³-hybridized carbons (Fsp3) is 0.500. The van der Waals surface area contributed by atoms with Gasteiger partial charge in [-0.05, 0) is 17.7 Å². The summed E-state index contributed by atoms with van der Waals surface area (Å²) >= 11 is 0. The zero-order valence-electron chi connectivity index (χ0n) is 12.2. The van der Waals surface area contributed by atoms with E-state index >= 15 is 0 Å². The Bertz CT molecular complexity index is 493. The molecule has 0 spiro atoms. The van der Waals surface area contributed by atoms with Gasteiger partial charge in [0, 0.05) is 19.5 Å². The van der Waals surface area contributed by atoms with E-state index in [-0.39, 0.29) is 18.0 Å². The fourth-order valence-electron chi connectivity index (χ4n) is 2.64. The first-order valence-electron chi connectivity index (χ1n) is 6.34. The first-order valence-corrected chi connectivity index (χ1v) is 6.34. The molecule has 0 aliphatic carbocycles. The van der Waals surface area contributed by atoms with E-state index < -0.39 is 0 Å². The Morgan fingerprint density at radius 2 is 1.70 bits per heavy atom. The molecule has 2 N–H and O–H groups in total. The smallest absolute Gasteiger partial charge is 0.224 e. The van der Waals surface area contributed by atoms with Gasteiger partial charge < -0.3 is 24.8 Å². The highest BCUT2D eigenvalue weighted by atomic mass is 16.5. The number of rotatable bonds is 4. The molecule has 0 bridgehead atoms. The van der Waals surface area contributed by atoms with Gasteiger partial charge in [0.1, 0.15) is 0 Å². The molecular weight excluding hydrogens is 260 g/mol. The number of hydrogen-bond donors (Lipinski definition) is 1. The number of carbonyl (C=O) groups is 1. The summed E-state index contributed by atoms with van der Waals surface area (Å²) < 4.78 is 15.9. The molecule has 0 radical (unpaired) electrons. The average Bonchev–Trinajstić information content (AvgIpc) is 2.70. The van der Waals surface area contributed by atoms with E-state index in [4.69, 9.17) is 19.9 Å². The Labute approximate surface area is 118 Å². The van der Waals surface area contributed by atoms with Crippen molar-refractivity contribution in [1.82, 2.24) is 4.90 Å². The molecule has 1 saturated heterocycles. The monoisotopic (exact) mass is 280 g/mol. The number of ether oxygens (including phenoxy) is 3. The summed E-state index contributed by atoms with van der Waals surface area (Å²) in [5, 5.41) is 0. The maximum atomic E-state index is 11.8. The van der Waals surface area contributed by atoms with Crippen molar-refractivity contribution in [2.24, 2.45) is 5.73 Å². The molecule has 6 heteroatoms. The van der Waals surface area contributed by atoms with Crippen LogP contribution in [0.2, 0.25) is 0 Å². The van der Waals surface area contributed by atoms with Gasteiger partial charge >= 0.3 is 0 Å². The van der Waals surface area contributed by atoms with Crippen LogP contribution in [0.25, 0.3) is 0 Å². The SMILES string of the molecule is COc1cc(C2C(N)CC(=O)N2C)cc(OC)c1OC. The van der Waals surface area contributed by atoms with E-state index in [1.165, 1.54) is 0 Å². The third kappa shape index (κ3) is 2.27. The minimum atomic E-state index is -0.240. The molecule has 1 heterocycles. The van der Waals surface area contributed by atoms with E-state index in [0.717, 1.165) is 5.56 Å². The summed E-state index contributed by atoms with van der Waals surface area (Å²) in [7, 11) is 6.43. The Hall–Kier alpha value is -1.95. The molecule has 2 rings (SSSR count). The molecule has 1 aliphatic rings. The van der Waals surface area contributed by atoms with Gasteiger partial charge in [-0.15, -0.1) is 0 Å². The van der Waals surface area contributed by atoms with Gasteiger partial charge in [-0.2, -0.15) is 0 Å². The quantitative estimate of drug-likeness (QED) is 0.888. The highest BCUT2D eigenvalue weighted by molar-refractivity contribution is 5.80. The molecule has 110 valence electrons. The molecule has 2 unspecified atom stereocenters. The lowest BCUT2D eigenvalue weighted by atomic mass is 10.00. The maximum Gasteiger partial charge on any atom is 0.224 e. The molecule has 1 aromatic carbocycles. The predicted octanol–water partition coefficient (Wildman–Crippen LogP) is 0.943. The summed E-state index contributed by atoms with van der Waals surface area (Å²) in [6.45, 7) is 0. The van der Waals surface area contributed by atoms with Crippen LogP contribution in [0, 0.1) is 0 Å². The number of carbonyl (C=O) groups excluding carboxylic acids is 1. The van der Waals surface area contributed by atoms with Crippen LogP contribution >= 0.6 is 0 Å². The minimum Gasteiger partial charge on any atom is -0.493 e. The van der Waals surface area contributed by atoms with Crippen molar-refractivity contribution in [2.45, 2.75) is 18.5 Å². The van der Waals surface area contributed by atoms with Gasteiger partial charge in [-0.1, -0.05) is 0 Å². The summed E-state index contributed by atoms with van der Waals surface area (Å²) in [6.07, 6.45) is 0.345. The van der Waals surface area contributed by atoms with E-state index in [0.29, 0.717) is 23.7 Å². The third-order valence-corrected chi connectivity index (χ3v) is 3.66. The first kappa shape index (κ1) is 14.5. The lowest BCUT2D eigenvalue weighted by Gasteiger charge is -2.25. The van der Waals surface area contributed by atoms with E-state index in [9.17, 15) is 4.79 Å². The highest BCUT2D eigenvalue weighted by Gasteiger charge is 2.37. The number of nitrogens with zero attached hydrogens (tertiary/aromatic N) is 1. The second-order valence-corrected chi connectivity index (χ2v) is 4.78.